The molecular formula is C8H19AlO. The monoisotopic (exact) mass is 158 g/mol. The van der Waals surface area contributed by atoms with E-state index in [9.17, 15) is 4.79 Å². The molecule has 0 bridgehead atoms. The van der Waals surface area contributed by atoms with E-state index in [1.165, 1.54) is 25.7 Å². The van der Waals surface area contributed by atoms with E-state index >= 15 is 0 Å². The molecule has 1 nitrogen and oxygen atoms in total. The number of hydrogen-bond acceptors (Lipinski definition) is 1. The smallest absolute Gasteiger partial charge is 0.187 e. The van der Waals surface area contributed by atoms with Crippen molar-refractivity contribution >= 4 is 23.6 Å². The summed E-state index contributed by atoms with van der Waals surface area (Å²) in [6.07, 6.45) is 7.97. The van der Waals surface area contributed by atoms with Crippen LogP contribution in [-0.4, -0.2) is 23.6 Å². The van der Waals surface area contributed by atoms with Gasteiger partial charge in [-0.2, -0.15) is 0 Å². The Labute approximate surface area is 74.3 Å². The minimum absolute atomic E-state index is 0. The van der Waals surface area contributed by atoms with Crippen LogP contribution in [0.3, 0.4) is 0 Å². The van der Waals surface area contributed by atoms with Gasteiger partial charge in [0.15, 0.2) is 17.4 Å². The molecule has 0 N–H and O–H groups in total. The molecule has 0 fully saturated rings. The van der Waals surface area contributed by atoms with Gasteiger partial charge in [0.2, 0.25) is 0 Å². The van der Waals surface area contributed by atoms with Crippen LogP contribution in [0.25, 0.3) is 0 Å². The molecule has 0 aliphatic carbocycles. The summed E-state index contributed by atoms with van der Waals surface area (Å²) in [5.74, 6) is 0. The first-order valence-corrected chi connectivity index (χ1v) is 3.85. The Bertz CT molecular complexity index is 64.3. The van der Waals surface area contributed by atoms with Crippen LogP contribution in [0.2, 0.25) is 0 Å². The lowest BCUT2D eigenvalue weighted by Crippen LogP contribution is -1.78. The minimum atomic E-state index is 0. The fourth-order valence-electron chi connectivity index (χ4n) is 0.831. The number of hydrogen-bond donors (Lipinski definition) is 0. The number of unbranched alkanes of at least 4 members (excludes halogenated alkanes) is 5. The molecule has 0 rings (SSSR count). The van der Waals surface area contributed by atoms with Gasteiger partial charge in [-0.3, -0.25) is 0 Å². The molecule has 0 heterocycles. The molecule has 0 aliphatic rings. The van der Waals surface area contributed by atoms with E-state index in [1.807, 2.05) is 0 Å². The van der Waals surface area contributed by atoms with E-state index in [0.717, 1.165) is 19.1 Å². The fraction of sp³-hybridized carbons (Fsp3) is 0.875. The molecule has 0 spiro atoms. The maximum Gasteiger partial charge on any atom is 0.187 e. The quantitative estimate of drug-likeness (QED) is 0.324. The average molecular weight is 158 g/mol. The zero-order chi connectivity index (χ0) is 6.95. The molecule has 0 radical (unpaired) electrons. The Hall–Kier alpha value is 0.202. The predicted octanol–water partition coefficient (Wildman–Crippen LogP) is 1.36. The van der Waals surface area contributed by atoms with Crippen LogP contribution in [-0.2, 0) is 4.79 Å². The fourth-order valence-corrected chi connectivity index (χ4v) is 0.831. The highest BCUT2D eigenvalue weighted by Gasteiger charge is 1.85. The third kappa shape index (κ3) is 11.1. The van der Waals surface area contributed by atoms with Crippen molar-refractivity contribution in [3.05, 3.63) is 0 Å². The van der Waals surface area contributed by atoms with Crippen molar-refractivity contribution in [1.82, 2.24) is 0 Å². The summed E-state index contributed by atoms with van der Waals surface area (Å²) in [5.41, 5.74) is 0. The van der Waals surface area contributed by atoms with Crippen molar-refractivity contribution < 1.29 is 4.79 Å². The number of rotatable bonds is 6. The maximum absolute atomic E-state index is 9.84. The molecule has 0 aliphatic heterocycles. The molecule has 0 saturated carbocycles. The second-order valence-corrected chi connectivity index (χ2v) is 2.37. The van der Waals surface area contributed by atoms with Gasteiger partial charge in [-0.25, -0.2) is 0 Å². The van der Waals surface area contributed by atoms with Crippen molar-refractivity contribution in [3.63, 3.8) is 0 Å². The van der Waals surface area contributed by atoms with Crippen molar-refractivity contribution in [1.29, 1.82) is 0 Å². The summed E-state index contributed by atoms with van der Waals surface area (Å²) in [4.78, 5) is 9.84. The van der Waals surface area contributed by atoms with E-state index in [-0.39, 0.29) is 17.4 Å². The van der Waals surface area contributed by atoms with E-state index < -0.39 is 0 Å². The second kappa shape index (κ2) is 11.9. The van der Waals surface area contributed by atoms with Crippen LogP contribution in [0.5, 0.6) is 0 Å². The molecule has 10 heavy (non-hydrogen) atoms. The Balaban J connectivity index is 0. The molecule has 60 valence electrons. The zero-order valence-electron chi connectivity index (χ0n) is 6.23. The third-order valence-corrected chi connectivity index (χ3v) is 1.43. The maximum atomic E-state index is 9.84. The summed E-state index contributed by atoms with van der Waals surface area (Å²) < 4.78 is 0. The molecular weight excluding hydrogens is 139 g/mol. The SMILES string of the molecule is CCCCCCCC=O.[AlH3]. The molecule has 0 unspecified atom stereocenters. The highest BCUT2D eigenvalue weighted by molar-refractivity contribution is 5.75. The summed E-state index contributed by atoms with van der Waals surface area (Å²) >= 11 is 0. The van der Waals surface area contributed by atoms with Crippen molar-refractivity contribution in [2.75, 3.05) is 0 Å². The Kier molecular flexibility index (Phi) is 15.3. The van der Waals surface area contributed by atoms with Gasteiger partial charge >= 0.3 is 0 Å². The first-order valence-electron chi connectivity index (χ1n) is 3.85. The highest BCUT2D eigenvalue weighted by Crippen LogP contribution is 2.02. The lowest BCUT2D eigenvalue weighted by Gasteiger charge is -1.93. The van der Waals surface area contributed by atoms with Crippen LogP contribution >= 0.6 is 0 Å². The Morgan fingerprint density at radius 3 is 2.20 bits per heavy atom. The van der Waals surface area contributed by atoms with Crippen LogP contribution in [0, 0.1) is 0 Å². The van der Waals surface area contributed by atoms with Crippen molar-refractivity contribution in [2.24, 2.45) is 0 Å². The van der Waals surface area contributed by atoms with Crippen LogP contribution < -0.4 is 0 Å². The lowest BCUT2D eigenvalue weighted by molar-refractivity contribution is -0.107. The number of carbonyl (C=O) groups is 1. The van der Waals surface area contributed by atoms with Gasteiger partial charge in [0.1, 0.15) is 6.29 Å². The second-order valence-electron chi connectivity index (χ2n) is 2.37. The zero-order valence-corrected chi connectivity index (χ0v) is 6.23. The summed E-state index contributed by atoms with van der Waals surface area (Å²) in [7, 11) is 0. The van der Waals surface area contributed by atoms with Crippen LogP contribution in [0.1, 0.15) is 45.4 Å². The summed E-state index contributed by atoms with van der Waals surface area (Å²) in [5, 5.41) is 0. The predicted molar refractivity (Wildman–Crippen MR) is 49.4 cm³/mol. The largest absolute Gasteiger partial charge is 0.303 e. The lowest BCUT2D eigenvalue weighted by atomic mass is 10.1. The molecule has 0 saturated heterocycles. The third-order valence-electron chi connectivity index (χ3n) is 1.43. The Morgan fingerprint density at radius 1 is 1.10 bits per heavy atom. The molecule has 0 amide bonds. The summed E-state index contributed by atoms with van der Waals surface area (Å²) in [6.45, 7) is 2.19. The van der Waals surface area contributed by atoms with Crippen LogP contribution in [0.15, 0.2) is 0 Å². The van der Waals surface area contributed by atoms with Crippen molar-refractivity contribution in [3.8, 4) is 0 Å². The Morgan fingerprint density at radius 2 is 1.70 bits per heavy atom. The van der Waals surface area contributed by atoms with E-state index in [4.69, 9.17) is 0 Å². The number of aldehydes is 1. The van der Waals surface area contributed by atoms with Gasteiger partial charge in [0.25, 0.3) is 0 Å². The van der Waals surface area contributed by atoms with E-state index in [1.54, 1.807) is 0 Å². The molecule has 0 atom stereocenters. The molecule has 0 aromatic rings. The molecule has 2 heteroatoms. The van der Waals surface area contributed by atoms with Gasteiger partial charge in [-0.15, -0.1) is 0 Å². The van der Waals surface area contributed by atoms with E-state index in [2.05, 4.69) is 6.92 Å². The van der Waals surface area contributed by atoms with Gasteiger partial charge < -0.3 is 4.79 Å². The first kappa shape index (κ1) is 12.8. The minimum Gasteiger partial charge on any atom is -0.303 e. The van der Waals surface area contributed by atoms with Gasteiger partial charge in [-0.1, -0.05) is 32.6 Å². The van der Waals surface area contributed by atoms with Gasteiger partial charge in [-0.05, 0) is 6.42 Å². The molecule has 0 aromatic heterocycles. The topological polar surface area (TPSA) is 17.1 Å². The van der Waals surface area contributed by atoms with Gasteiger partial charge in [0, 0.05) is 6.42 Å². The highest BCUT2D eigenvalue weighted by atomic mass is 27.0. The standard InChI is InChI=1S/C8H16O.Al.3H/c1-2-3-4-5-6-7-8-9;;;;/h8H,2-7H2,1H3;;;;. The van der Waals surface area contributed by atoms with E-state index in [0.29, 0.717) is 0 Å². The normalized spacial score (nSPS) is 8.50. The summed E-state index contributed by atoms with van der Waals surface area (Å²) in [6, 6.07) is 0. The van der Waals surface area contributed by atoms with Crippen molar-refractivity contribution in [2.45, 2.75) is 45.4 Å². The average Bonchev–Trinajstić information content (AvgIpc) is 1.89. The van der Waals surface area contributed by atoms with Crippen LogP contribution in [0.4, 0.5) is 0 Å². The van der Waals surface area contributed by atoms with Gasteiger partial charge in [0.05, 0.1) is 0 Å². The first-order chi connectivity index (χ1) is 4.41. The molecule has 0 aromatic carbocycles. The number of carbonyl (C=O) groups excluding carboxylic acids is 1.